The largest absolute Gasteiger partial charge is 0.381 e. The molecule has 0 rings (SSSR count). The summed E-state index contributed by atoms with van der Waals surface area (Å²) in [4.78, 5) is 4.12. The van der Waals surface area contributed by atoms with Crippen LogP contribution in [0.3, 0.4) is 0 Å². The van der Waals surface area contributed by atoms with Gasteiger partial charge in [-0.3, -0.25) is 4.99 Å². The Kier molecular flexibility index (Phi) is 15.9. The molecule has 0 spiro atoms. The van der Waals surface area contributed by atoms with Gasteiger partial charge in [-0.15, -0.1) is 24.0 Å². The van der Waals surface area contributed by atoms with E-state index in [1.54, 1.807) is 7.05 Å². The minimum Gasteiger partial charge on any atom is -0.381 e. The quantitative estimate of drug-likeness (QED) is 0.218. The summed E-state index contributed by atoms with van der Waals surface area (Å²) in [6.07, 6.45) is 5.00. The molecular weight excluding hydrogens is 417 g/mol. The molecule has 2 N–H and O–H groups in total. The van der Waals surface area contributed by atoms with Gasteiger partial charge in [-0.2, -0.15) is 0 Å². The number of hydrogen-bond donors (Lipinski definition) is 2. The molecule has 134 valence electrons. The van der Waals surface area contributed by atoms with Crippen LogP contribution in [-0.2, 0) is 14.6 Å². The molecule has 0 heterocycles. The normalized spacial score (nSPS) is 13.4. The number of rotatable bonds is 11. The Labute approximate surface area is 152 Å². The van der Waals surface area contributed by atoms with Crippen molar-refractivity contribution in [1.29, 1.82) is 0 Å². The molecule has 0 bridgehead atoms. The highest BCUT2D eigenvalue weighted by atomic mass is 127. The van der Waals surface area contributed by atoms with E-state index in [2.05, 4.69) is 22.5 Å². The second kappa shape index (κ2) is 14.5. The highest BCUT2D eigenvalue weighted by Gasteiger charge is 2.09. The van der Waals surface area contributed by atoms with Crippen LogP contribution in [0.4, 0.5) is 0 Å². The first-order chi connectivity index (χ1) is 9.89. The number of nitrogens with one attached hydrogen (secondary N) is 2. The van der Waals surface area contributed by atoms with Gasteiger partial charge in [0.05, 0.1) is 5.75 Å². The number of unbranched alkanes of at least 4 members (excludes halogenated alkanes) is 1. The number of ether oxygens (including phenoxy) is 1. The Balaban J connectivity index is 0. The Morgan fingerprint density at radius 1 is 1.27 bits per heavy atom. The topological polar surface area (TPSA) is 79.8 Å². The standard InChI is InChI=1S/C14H31N3O3S.HI/c1-5-6-10-20-11-7-9-16-14(15-3)17-13(2)8-12-21(4,18)19;/h13H,5-12H2,1-4H3,(H2,15,16,17);1H. The molecule has 1 unspecified atom stereocenters. The average Bonchev–Trinajstić information content (AvgIpc) is 2.42. The minimum atomic E-state index is -2.91. The second-order valence-electron chi connectivity index (χ2n) is 5.28. The van der Waals surface area contributed by atoms with E-state index in [1.165, 1.54) is 6.26 Å². The molecule has 0 fully saturated rings. The van der Waals surface area contributed by atoms with Crippen molar-refractivity contribution in [2.75, 3.05) is 38.8 Å². The Hall–Kier alpha value is -0.0900. The van der Waals surface area contributed by atoms with E-state index in [9.17, 15) is 8.42 Å². The molecule has 0 aromatic heterocycles. The Morgan fingerprint density at radius 3 is 2.45 bits per heavy atom. The zero-order valence-corrected chi connectivity index (χ0v) is 17.4. The molecule has 0 amide bonds. The number of nitrogens with zero attached hydrogens (tertiary/aromatic N) is 1. The molecule has 0 aromatic carbocycles. The monoisotopic (exact) mass is 449 g/mol. The third-order valence-corrected chi connectivity index (χ3v) is 3.91. The van der Waals surface area contributed by atoms with Crippen LogP contribution < -0.4 is 10.6 Å². The molecule has 0 aliphatic heterocycles. The van der Waals surface area contributed by atoms with Crippen molar-refractivity contribution < 1.29 is 13.2 Å². The van der Waals surface area contributed by atoms with Crippen LogP contribution in [0.15, 0.2) is 4.99 Å². The van der Waals surface area contributed by atoms with E-state index in [0.717, 1.165) is 39.0 Å². The number of hydrogen-bond acceptors (Lipinski definition) is 4. The molecule has 0 aliphatic carbocycles. The van der Waals surface area contributed by atoms with Crippen LogP contribution in [0, 0.1) is 0 Å². The lowest BCUT2D eigenvalue weighted by molar-refractivity contribution is 0.129. The molecule has 8 heteroatoms. The molecule has 6 nitrogen and oxygen atoms in total. The highest BCUT2D eigenvalue weighted by molar-refractivity contribution is 14.0. The lowest BCUT2D eigenvalue weighted by Crippen LogP contribution is -2.43. The van der Waals surface area contributed by atoms with Gasteiger partial charge in [-0.25, -0.2) is 8.42 Å². The van der Waals surface area contributed by atoms with Crippen molar-refractivity contribution in [3.8, 4) is 0 Å². The summed E-state index contributed by atoms with van der Waals surface area (Å²) in [6, 6.07) is 0.0618. The van der Waals surface area contributed by atoms with Gasteiger partial charge in [0.15, 0.2) is 5.96 Å². The fourth-order valence-electron chi connectivity index (χ4n) is 1.62. The molecule has 0 saturated carbocycles. The van der Waals surface area contributed by atoms with Crippen molar-refractivity contribution >= 4 is 39.8 Å². The summed E-state index contributed by atoms with van der Waals surface area (Å²) in [5.41, 5.74) is 0. The molecule has 22 heavy (non-hydrogen) atoms. The predicted octanol–water partition coefficient (Wildman–Crippen LogP) is 1.80. The van der Waals surface area contributed by atoms with Gasteiger partial charge < -0.3 is 15.4 Å². The van der Waals surface area contributed by atoms with Gasteiger partial charge in [0.25, 0.3) is 0 Å². The third-order valence-electron chi connectivity index (χ3n) is 2.93. The van der Waals surface area contributed by atoms with Crippen LogP contribution in [0.2, 0.25) is 0 Å². The molecular formula is C14H32IN3O3S. The Bertz CT molecular complexity index is 389. The summed E-state index contributed by atoms with van der Waals surface area (Å²) in [6.45, 7) is 6.45. The van der Waals surface area contributed by atoms with Crippen LogP contribution in [0.25, 0.3) is 0 Å². The van der Waals surface area contributed by atoms with Crippen LogP contribution >= 0.6 is 24.0 Å². The van der Waals surface area contributed by atoms with Crippen molar-refractivity contribution in [2.45, 2.75) is 45.6 Å². The van der Waals surface area contributed by atoms with Gasteiger partial charge in [0, 0.05) is 39.1 Å². The van der Waals surface area contributed by atoms with Crippen LogP contribution in [-0.4, -0.2) is 59.2 Å². The smallest absolute Gasteiger partial charge is 0.191 e. The molecule has 0 radical (unpaired) electrons. The lowest BCUT2D eigenvalue weighted by Gasteiger charge is -2.17. The lowest BCUT2D eigenvalue weighted by atomic mass is 10.3. The van der Waals surface area contributed by atoms with Crippen molar-refractivity contribution in [3.05, 3.63) is 0 Å². The van der Waals surface area contributed by atoms with Gasteiger partial charge in [0.2, 0.25) is 0 Å². The maximum absolute atomic E-state index is 11.1. The highest BCUT2D eigenvalue weighted by Crippen LogP contribution is 1.95. The Morgan fingerprint density at radius 2 is 1.91 bits per heavy atom. The van der Waals surface area contributed by atoms with E-state index in [1.807, 2.05) is 6.92 Å². The van der Waals surface area contributed by atoms with Crippen LogP contribution in [0.5, 0.6) is 0 Å². The first-order valence-corrected chi connectivity index (χ1v) is 9.67. The molecule has 0 aliphatic rings. The fourth-order valence-corrected chi connectivity index (χ4v) is 2.40. The summed E-state index contributed by atoms with van der Waals surface area (Å²) >= 11 is 0. The van der Waals surface area contributed by atoms with E-state index in [0.29, 0.717) is 12.4 Å². The predicted molar refractivity (Wildman–Crippen MR) is 104 cm³/mol. The van der Waals surface area contributed by atoms with Gasteiger partial charge in [-0.05, 0) is 26.2 Å². The SMILES string of the molecule is CCCCOCCCNC(=NC)NC(C)CCS(C)(=O)=O.I. The maximum Gasteiger partial charge on any atom is 0.191 e. The van der Waals surface area contributed by atoms with Crippen LogP contribution in [0.1, 0.15) is 39.5 Å². The summed E-state index contributed by atoms with van der Waals surface area (Å²) in [5, 5.41) is 6.38. The van der Waals surface area contributed by atoms with Crippen molar-refractivity contribution in [1.82, 2.24) is 10.6 Å². The fraction of sp³-hybridized carbons (Fsp3) is 0.929. The van der Waals surface area contributed by atoms with Crippen molar-refractivity contribution in [3.63, 3.8) is 0 Å². The zero-order valence-electron chi connectivity index (χ0n) is 14.2. The summed E-state index contributed by atoms with van der Waals surface area (Å²) in [5.74, 6) is 0.883. The number of aliphatic imine (C=N–C) groups is 1. The number of guanidine groups is 1. The van der Waals surface area contributed by atoms with Gasteiger partial charge in [-0.1, -0.05) is 13.3 Å². The third kappa shape index (κ3) is 16.3. The van der Waals surface area contributed by atoms with Crippen molar-refractivity contribution in [2.24, 2.45) is 4.99 Å². The van der Waals surface area contributed by atoms with E-state index >= 15 is 0 Å². The van der Waals surface area contributed by atoms with Gasteiger partial charge in [0.1, 0.15) is 9.84 Å². The molecule has 0 aromatic rings. The summed E-state index contributed by atoms with van der Waals surface area (Å²) < 4.78 is 27.7. The second-order valence-corrected chi connectivity index (χ2v) is 7.54. The zero-order chi connectivity index (χ0) is 16.1. The van der Waals surface area contributed by atoms with E-state index in [4.69, 9.17) is 4.74 Å². The molecule has 0 saturated heterocycles. The maximum atomic E-state index is 11.1. The van der Waals surface area contributed by atoms with E-state index in [-0.39, 0.29) is 35.8 Å². The first-order valence-electron chi connectivity index (χ1n) is 7.61. The minimum absolute atomic E-state index is 0. The van der Waals surface area contributed by atoms with Gasteiger partial charge >= 0.3 is 0 Å². The molecule has 1 atom stereocenters. The number of sulfone groups is 1. The number of halogens is 1. The first kappa shape index (κ1) is 24.2. The summed E-state index contributed by atoms with van der Waals surface area (Å²) in [7, 11) is -1.21. The average molecular weight is 449 g/mol. The van der Waals surface area contributed by atoms with E-state index < -0.39 is 9.84 Å².